The van der Waals surface area contributed by atoms with Crippen LogP contribution in [0.2, 0.25) is 0 Å². The molecule has 4 nitrogen and oxygen atoms in total. The maximum Gasteiger partial charge on any atom is 0.303 e. The SMILES string of the molecule is NC([C]=O)=CCCCC(=O)O. The number of hydrogen-bond acceptors (Lipinski definition) is 3. The van der Waals surface area contributed by atoms with Crippen LogP contribution >= 0.6 is 0 Å². The number of hydrogen-bond donors (Lipinski definition) is 2. The highest BCUT2D eigenvalue weighted by Crippen LogP contribution is 1.96. The molecule has 0 aliphatic carbocycles. The zero-order chi connectivity index (χ0) is 8.69. The molecule has 0 aliphatic heterocycles. The smallest absolute Gasteiger partial charge is 0.303 e. The molecule has 0 spiro atoms. The van der Waals surface area contributed by atoms with Crippen molar-refractivity contribution in [2.45, 2.75) is 19.3 Å². The van der Waals surface area contributed by atoms with E-state index < -0.39 is 5.97 Å². The monoisotopic (exact) mass is 156 g/mol. The van der Waals surface area contributed by atoms with Crippen molar-refractivity contribution < 1.29 is 14.7 Å². The average molecular weight is 156 g/mol. The molecule has 0 bridgehead atoms. The lowest BCUT2D eigenvalue weighted by Crippen LogP contribution is -1.98. The van der Waals surface area contributed by atoms with Gasteiger partial charge in [0.15, 0.2) is 0 Å². The highest BCUT2D eigenvalue weighted by Gasteiger charge is 1.94. The highest BCUT2D eigenvalue weighted by molar-refractivity contribution is 5.72. The Balaban J connectivity index is 3.41. The lowest BCUT2D eigenvalue weighted by atomic mass is 10.2. The van der Waals surface area contributed by atoms with Crippen molar-refractivity contribution in [1.82, 2.24) is 0 Å². The number of rotatable bonds is 5. The molecule has 0 aromatic rings. The fourth-order valence-corrected chi connectivity index (χ4v) is 0.553. The van der Waals surface area contributed by atoms with E-state index >= 15 is 0 Å². The molecule has 0 aromatic carbocycles. The lowest BCUT2D eigenvalue weighted by molar-refractivity contribution is -0.137. The van der Waals surface area contributed by atoms with Crippen molar-refractivity contribution in [2.75, 3.05) is 0 Å². The topological polar surface area (TPSA) is 80.4 Å². The normalized spacial score (nSPS) is 11.1. The van der Waals surface area contributed by atoms with Crippen molar-refractivity contribution in [2.24, 2.45) is 5.73 Å². The first-order valence-electron chi connectivity index (χ1n) is 3.22. The molecule has 0 aromatic heterocycles. The minimum atomic E-state index is -0.841. The minimum absolute atomic E-state index is 0.0374. The summed E-state index contributed by atoms with van der Waals surface area (Å²) in [7, 11) is 0. The van der Waals surface area contributed by atoms with Crippen molar-refractivity contribution in [3.05, 3.63) is 11.8 Å². The Bertz CT molecular complexity index is 175. The van der Waals surface area contributed by atoms with Crippen LogP contribution in [-0.2, 0) is 9.59 Å². The predicted octanol–water partition coefficient (Wildman–Crippen LogP) is 0.194. The van der Waals surface area contributed by atoms with Crippen molar-refractivity contribution in [1.29, 1.82) is 0 Å². The maximum absolute atomic E-state index is 9.98. The first kappa shape index (κ1) is 9.68. The van der Waals surface area contributed by atoms with Gasteiger partial charge in [0.2, 0.25) is 6.29 Å². The van der Waals surface area contributed by atoms with Gasteiger partial charge < -0.3 is 10.8 Å². The van der Waals surface area contributed by atoms with Crippen LogP contribution in [0.25, 0.3) is 0 Å². The molecule has 1 radical (unpaired) electrons. The van der Waals surface area contributed by atoms with Gasteiger partial charge in [-0.1, -0.05) is 6.08 Å². The van der Waals surface area contributed by atoms with E-state index in [1.54, 1.807) is 0 Å². The van der Waals surface area contributed by atoms with Crippen LogP contribution in [0.15, 0.2) is 11.8 Å². The van der Waals surface area contributed by atoms with Crippen LogP contribution < -0.4 is 5.73 Å². The van der Waals surface area contributed by atoms with Gasteiger partial charge in [-0.05, 0) is 12.8 Å². The molecule has 4 heteroatoms. The molecule has 0 aliphatic rings. The summed E-state index contributed by atoms with van der Waals surface area (Å²) in [6, 6.07) is 0. The summed E-state index contributed by atoms with van der Waals surface area (Å²) < 4.78 is 0. The number of aliphatic carboxylic acids is 1. The van der Waals surface area contributed by atoms with Crippen molar-refractivity contribution in [3.8, 4) is 0 Å². The number of carboxylic acids is 1. The van der Waals surface area contributed by atoms with Crippen molar-refractivity contribution >= 4 is 12.3 Å². The standard InChI is InChI=1S/C7H10NO3/c8-6(5-9)3-1-2-4-7(10)11/h3H,1-2,4,8H2,(H,10,11). The van der Waals surface area contributed by atoms with Gasteiger partial charge in [-0.3, -0.25) is 9.59 Å². The number of allylic oxidation sites excluding steroid dienone is 2. The Hall–Kier alpha value is -1.32. The van der Waals surface area contributed by atoms with E-state index in [9.17, 15) is 9.59 Å². The minimum Gasteiger partial charge on any atom is -0.481 e. The summed E-state index contributed by atoms with van der Waals surface area (Å²) in [5.74, 6) is -0.841. The van der Waals surface area contributed by atoms with Crippen LogP contribution in [0.3, 0.4) is 0 Å². The van der Waals surface area contributed by atoms with Gasteiger partial charge >= 0.3 is 5.97 Å². The van der Waals surface area contributed by atoms with E-state index in [-0.39, 0.29) is 12.1 Å². The summed E-state index contributed by atoms with van der Waals surface area (Å²) >= 11 is 0. The van der Waals surface area contributed by atoms with Crippen LogP contribution in [-0.4, -0.2) is 17.4 Å². The van der Waals surface area contributed by atoms with Gasteiger partial charge in [-0.25, -0.2) is 0 Å². The Morgan fingerprint density at radius 1 is 1.64 bits per heavy atom. The molecular formula is C7H10NO3. The third-order valence-electron chi connectivity index (χ3n) is 1.08. The third kappa shape index (κ3) is 6.57. The quantitative estimate of drug-likeness (QED) is 0.440. The van der Waals surface area contributed by atoms with E-state index in [4.69, 9.17) is 10.8 Å². The van der Waals surface area contributed by atoms with Gasteiger partial charge in [0.25, 0.3) is 0 Å². The molecule has 3 N–H and O–H groups in total. The zero-order valence-corrected chi connectivity index (χ0v) is 6.04. The summed E-state index contributed by atoms with van der Waals surface area (Å²) in [6.07, 6.45) is 4.07. The molecule has 0 rings (SSSR count). The van der Waals surface area contributed by atoms with Gasteiger partial charge in [0.05, 0.1) is 5.70 Å². The first-order chi connectivity index (χ1) is 5.16. The summed E-state index contributed by atoms with van der Waals surface area (Å²) in [5, 5.41) is 8.21. The second-order valence-electron chi connectivity index (χ2n) is 2.05. The second kappa shape index (κ2) is 5.46. The number of carbonyl (C=O) groups excluding carboxylic acids is 1. The number of unbranched alkanes of at least 4 members (excludes halogenated alkanes) is 1. The number of carbonyl (C=O) groups is 1. The Morgan fingerprint density at radius 3 is 2.73 bits per heavy atom. The molecule has 0 saturated carbocycles. The van der Waals surface area contributed by atoms with Gasteiger partial charge in [-0.15, -0.1) is 0 Å². The Kier molecular flexibility index (Phi) is 4.81. The van der Waals surface area contributed by atoms with E-state index in [0.717, 1.165) is 0 Å². The van der Waals surface area contributed by atoms with Gasteiger partial charge in [-0.2, -0.15) is 0 Å². The first-order valence-corrected chi connectivity index (χ1v) is 3.22. The van der Waals surface area contributed by atoms with Crippen LogP contribution in [0, 0.1) is 0 Å². The molecule has 61 valence electrons. The zero-order valence-electron chi connectivity index (χ0n) is 6.04. The van der Waals surface area contributed by atoms with Gasteiger partial charge in [0.1, 0.15) is 0 Å². The highest BCUT2D eigenvalue weighted by atomic mass is 16.4. The second-order valence-corrected chi connectivity index (χ2v) is 2.05. The largest absolute Gasteiger partial charge is 0.481 e. The molecule has 0 atom stereocenters. The molecule has 0 amide bonds. The van der Waals surface area contributed by atoms with E-state index in [1.807, 2.05) is 0 Å². The van der Waals surface area contributed by atoms with Crippen LogP contribution in [0.4, 0.5) is 0 Å². The van der Waals surface area contributed by atoms with Crippen molar-refractivity contribution in [3.63, 3.8) is 0 Å². The molecule has 0 fully saturated rings. The van der Waals surface area contributed by atoms with E-state index in [0.29, 0.717) is 12.8 Å². The maximum atomic E-state index is 9.98. The van der Waals surface area contributed by atoms with Gasteiger partial charge in [0, 0.05) is 6.42 Å². The molecule has 0 unspecified atom stereocenters. The molecular weight excluding hydrogens is 146 g/mol. The van der Waals surface area contributed by atoms with Crippen LogP contribution in [0.5, 0.6) is 0 Å². The lowest BCUT2D eigenvalue weighted by Gasteiger charge is -1.90. The van der Waals surface area contributed by atoms with E-state index in [1.165, 1.54) is 12.4 Å². The fraction of sp³-hybridized carbons (Fsp3) is 0.429. The molecule has 11 heavy (non-hydrogen) atoms. The number of carboxylic acid groups (broad SMARTS) is 1. The summed E-state index contributed by atoms with van der Waals surface area (Å²) in [6.45, 7) is 0. The summed E-state index contributed by atoms with van der Waals surface area (Å²) in [5.41, 5.74) is 5.12. The van der Waals surface area contributed by atoms with E-state index in [2.05, 4.69) is 0 Å². The third-order valence-corrected chi connectivity index (χ3v) is 1.08. The molecule has 0 saturated heterocycles. The van der Waals surface area contributed by atoms with Crippen LogP contribution in [0.1, 0.15) is 19.3 Å². The average Bonchev–Trinajstić information content (AvgIpc) is 1.97. The fourth-order valence-electron chi connectivity index (χ4n) is 0.553. The number of nitrogens with two attached hydrogens (primary N) is 1. The Morgan fingerprint density at radius 2 is 2.27 bits per heavy atom. The summed E-state index contributed by atoms with van der Waals surface area (Å²) in [4.78, 5) is 19.8. The predicted molar refractivity (Wildman–Crippen MR) is 39.5 cm³/mol. The Labute approximate surface area is 64.7 Å². The molecule has 0 heterocycles.